The highest BCUT2D eigenvalue weighted by Gasteiger charge is 2.26. The van der Waals surface area contributed by atoms with Gasteiger partial charge in [0.2, 0.25) is 0 Å². The van der Waals surface area contributed by atoms with Crippen LogP contribution in [-0.2, 0) is 6.42 Å². The lowest BCUT2D eigenvalue weighted by molar-refractivity contribution is 0.217. The fraction of sp³-hybridized carbons (Fsp3) is 0.647. The Labute approximate surface area is 118 Å². The first-order chi connectivity index (χ1) is 9.11. The molecule has 2 rings (SSSR count). The van der Waals surface area contributed by atoms with Gasteiger partial charge in [0.15, 0.2) is 0 Å². The largest absolute Gasteiger partial charge is 0.310 e. The third-order valence-electron chi connectivity index (χ3n) is 4.35. The van der Waals surface area contributed by atoms with E-state index in [1.54, 1.807) is 0 Å². The van der Waals surface area contributed by atoms with Gasteiger partial charge in [-0.25, -0.2) is 0 Å². The predicted octanol–water partition coefficient (Wildman–Crippen LogP) is 3.00. The van der Waals surface area contributed by atoms with E-state index in [0.717, 1.165) is 6.54 Å². The molecule has 0 amide bonds. The van der Waals surface area contributed by atoms with Gasteiger partial charge >= 0.3 is 0 Å². The van der Waals surface area contributed by atoms with Crippen molar-refractivity contribution in [1.29, 1.82) is 0 Å². The van der Waals surface area contributed by atoms with Gasteiger partial charge in [0, 0.05) is 18.6 Å². The first-order valence-electron chi connectivity index (χ1n) is 7.64. The van der Waals surface area contributed by atoms with Crippen LogP contribution in [0.2, 0.25) is 0 Å². The van der Waals surface area contributed by atoms with Crippen molar-refractivity contribution in [2.24, 2.45) is 0 Å². The van der Waals surface area contributed by atoms with Gasteiger partial charge in [0.25, 0.3) is 0 Å². The van der Waals surface area contributed by atoms with Crippen molar-refractivity contribution < 1.29 is 0 Å². The van der Waals surface area contributed by atoms with Gasteiger partial charge in [-0.05, 0) is 51.8 Å². The van der Waals surface area contributed by atoms with Gasteiger partial charge in [-0.3, -0.25) is 0 Å². The highest BCUT2D eigenvalue weighted by Crippen LogP contribution is 2.15. The summed E-state index contributed by atoms with van der Waals surface area (Å²) in [5.74, 6) is 0. The highest BCUT2D eigenvalue weighted by molar-refractivity contribution is 5.22. The smallest absolute Gasteiger partial charge is 0.0277 e. The Hall–Kier alpha value is -0.860. The average molecular weight is 260 g/mol. The number of aryl methyl sites for hydroxylation is 1. The lowest BCUT2D eigenvalue weighted by atomic mass is 9.98. The van der Waals surface area contributed by atoms with Crippen LogP contribution < -0.4 is 5.32 Å². The minimum Gasteiger partial charge on any atom is -0.310 e. The highest BCUT2D eigenvalue weighted by atomic mass is 15.2. The molecule has 1 aliphatic heterocycles. The molecule has 0 radical (unpaired) electrons. The van der Waals surface area contributed by atoms with E-state index >= 15 is 0 Å². The molecule has 1 atom stereocenters. The van der Waals surface area contributed by atoms with Crippen molar-refractivity contribution in [1.82, 2.24) is 10.2 Å². The molecule has 1 fully saturated rings. The maximum atomic E-state index is 3.70. The summed E-state index contributed by atoms with van der Waals surface area (Å²) in [5.41, 5.74) is 3.13. The Morgan fingerprint density at radius 3 is 2.95 bits per heavy atom. The van der Waals surface area contributed by atoms with Crippen molar-refractivity contribution in [2.75, 3.05) is 26.2 Å². The molecule has 0 spiro atoms. The van der Waals surface area contributed by atoms with Crippen molar-refractivity contribution in [3.63, 3.8) is 0 Å². The first-order valence-corrected chi connectivity index (χ1v) is 7.64. The molecule has 0 bridgehead atoms. The van der Waals surface area contributed by atoms with E-state index in [0.29, 0.717) is 5.54 Å². The van der Waals surface area contributed by atoms with Crippen LogP contribution in [0.25, 0.3) is 0 Å². The van der Waals surface area contributed by atoms with Crippen molar-refractivity contribution in [3.05, 3.63) is 35.4 Å². The summed E-state index contributed by atoms with van der Waals surface area (Å²) in [4.78, 5) is 2.63. The van der Waals surface area contributed by atoms with Crippen LogP contribution in [0, 0.1) is 6.92 Å². The van der Waals surface area contributed by atoms with Crippen LogP contribution in [0.1, 0.15) is 37.8 Å². The minimum atomic E-state index is 0.295. The molecule has 1 unspecified atom stereocenters. The summed E-state index contributed by atoms with van der Waals surface area (Å²) in [6, 6.07) is 8.91. The molecule has 0 saturated carbocycles. The van der Waals surface area contributed by atoms with Gasteiger partial charge in [-0.1, -0.05) is 36.8 Å². The van der Waals surface area contributed by atoms with Crippen LogP contribution in [0.15, 0.2) is 24.3 Å². The van der Waals surface area contributed by atoms with Crippen LogP contribution in [0.3, 0.4) is 0 Å². The van der Waals surface area contributed by atoms with Crippen molar-refractivity contribution in [3.8, 4) is 0 Å². The fourth-order valence-electron chi connectivity index (χ4n) is 2.90. The second-order valence-corrected chi connectivity index (χ2v) is 6.21. The number of benzene rings is 1. The minimum absolute atomic E-state index is 0.295. The Bertz CT molecular complexity index is 402. The quantitative estimate of drug-likeness (QED) is 0.895. The normalized spacial score (nSPS) is 25.2. The zero-order chi connectivity index (χ0) is 13.7. The number of nitrogens with zero attached hydrogens (tertiary/aromatic N) is 1. The van der Waals surface area contributed by atoms with Gasteiger partial charge in [-0.15, -0.1) is 0 Å². The summed E-state index contributed by atoms with van der Waals surface area (Å²) in [5, 5.41) is 3.70. The Kier molecular flexibility index (Phi) is 5.00. The topological polar surface area (TPSA) is 15.3 Å². The lowest BCUT2D eigenvalue weighted by Gasteiger charge is -2.32. The molecule has 1 aromatic carbocycles. The maximum Gasteiger partial charge on any atom is 0.0277 e. The number of hydrogen-bond donors (Lipinski definition) is 1. The number of rotatable bonds is 4. The molecule has 19 heavy (non-hydrogen) atoms. The van der Waals surface area contributed by atoms with E-state index in [2.05, 4.69) is 55.3 Å². The molecular weight excluding hydrogens is 232 g/mol. The van der Waals surface area contributed by atoms with Gasteiger partial charge in [0.1, 0.15) is 0 Å². The molecule has 0 aromatic heterocycles. The molecule has 1 aromatic rings. The van der Waals surface area contributed by atoms with Gasteiger partial charge in [0.05, 0.1) is 0 Å². The van der Waals surface area contributed by atoms with E-state index in [1.807, 2.05) is 0 Å². The standard InChI is InChI=1S/C17H28N2/c1-4-17(3)14-19(11-6-10-18-17)12-9-16-8-5-7-15(2)13-16/h5,7-8,13,18H,4,6,9-12,14H2,1-3H3. The summed E-state index contributed by atoms with van der Waals surface area (Å²) in [7, 11) is 0. The van der Waals surface area contributed by atoms with E-state index < -0.39 is 0 Å². The van der Waals surface area contributed by atoms with Gasteiger partial charge in [-0.2, -0.15) is 0 Å². The van der Waals surface area contributed by atoms with Crippen LogP contribution in [-0.4, -0.2) is 36.6 Å². The maximum absolute atomic E-state index is 3.70. The van der Waals surface area contributed by atoms with Crippen LogP contribution in [0.4, 0.5) is 0 Å². The Morgan fingerprint density at radius 2 is 2.21 bits per heavy atom. The molecule has 2 nitrogen and oxygen atoms in total. The first kappa shape index (κ1) is 14.5. The third kappa shape index (κ3) is 4.32. The second-order valence-electron chi connectivity index (χ2n) is 6.21. The third-order valence-corrected chi connectivity index (χ3v) is 4.35. The van der Waals surface area contributed by atoms with Crippen LogP contribution >= 0.6 is 0 Å². The molecule has 1 N–H and O–H groups in total. The average Bonchev–Trinajstić information content (AvgIpc) is 2.59. The lowest BCUT2D eigenvalue weighted by Crippen LogP contribution is -2.48. The Morgan fingerprint density at radius 1 is 1.37 bits per heavy atom. The summed E-state index contributed by atoms with van der Waals surface area (Å²) < 4.78 is 0. The zero-order valence-corrected chi connectivity index (χ0v) is 12.7. The monoisotopic (exact) mass is 260 g/mol. The summed E-state index contributed by atoms with van der Waals surface area (Å²) in [6.45, 7) is 11.6. The van der Waals surface area contributed by atoms with E-state index in [-0.39, 0.29) is 0 Å². The summed E-state index contributed by atoms with van der Waals surface area (Å²) >= 11 is 0. The number of hydrogen-bond acceptors (Lipinski definition) is 2. The van der Waals surface area contributed by atoms with Crippen LogP contribution in [0.5, 0.6) is 0 Å². The molecule has 1 aliphatic rings. The predicted molar refractivity (Wildman–Crippen MR) is 82.6 cm³/mol. The SMILES string of the molecule is CCC1(C)CN(CCc2cccc(C)c2)CCCN1. The Balaban J connectivity index is 1.91. The molecule has 2 heteroatoms. The fourth-order valence-corrected chi connectivity index (χ4v) is 2.90. The summed E-state index contributed by atoms with van der Waals surface area (Å²) in [6.07, 6.45) is 3.64. The second kappa shape index (κ2) is 6.53. The number of nitrogens with one attached hydrogen (secondary N) is 1. The van der Waals surface area contributed by atoms with Crippen molar-refractivity contribution in [2.45, 2.75) is 45.6 Å². The molecule has 106 valence electrons. The van der Waals surface area contributed by atoms with E-state index in [4.69, 9.17) is 0 Å². The van der Waals surface area contributed by atoms with E-state index in [1.165, 1.54) is 50.0 Å². The molecule has 1 heterocycles. The molecular formula is C17H28N2. The van der Waals surface area contributed by atoms with Crippen molar-refractivity contribution >= 4 is 0 Å². The van der Waals surface area contributed by atoms with E-state index in [9.17, 15) is 0 Å². The molecule has 0 aliphatic carbocycles. The van der Waals surface area contributed by atoms with Gasteiger partial charge < -0.3 is 10.2 Å². The molecule has 1 saturated heterocycles. The zero-order valence-electron chi connectivity index (χ0n) is 12.7.